The van der Waals surface area contributed by atoms with Crippen molar-refractivity contribution in [3.05, 3.63) is 0 Å². The first-order valence-electron chi connectivity index (χ1n) is 6.05. The van der Waals surface area contributed by atoms with Gasteiger partial charge in [-0.25, -0.2) is 0 Å². The van der Waals surface area contributed by atoms with E-state index < -0.39 is 0 Å². The van der Waals surface area contributed by atoms with Crippen LogP contribution >= 0.6 is 0 Å². The van der Waals surface area contributed by atoms with E-state index in [1.54, 1.807) is 0 Å². The van der Waals surface area contributed by atoms with Gasteiger partial charge in [-0.15, -0.1) is 0 Å². The molecular weight excluding hydrogens is 174 g/mol. The van der Waals surface area contributed by atoms with Crippen LogP contribution in [0.3, 0.4) is 0 Å². The number of hydrogen-bond acceptors (Lipinski definition) is 2. The summed E-state index contributed by atoms with van der Waals surface area (Å²) in [5.41, 5.74) is 0. The molecule has 2 nitrogen and oxygen atoms in total. The third-order valence-electron chi connectivity index (χ3n) is 3.02. The highest BCUT2D eigenvalue weighted by Crippen LogP contribution is 2.25. The van der Waals surface area contributed by atoms with Gasteiger partial charge in [-0.1, -0.05) is 33.6 Å². The molecule has 0 aliphatic heterocycles. The van der Waals surface area contributed by atoms with Crippen molar-refractivity contribution in [2.75, 3.05) is 13.2 Å². The highest BCUT2D eigenvalue weighted by Gasteiger charge is 2.21. The van der Waals surface area contributed by atoms with Gasteiger partial charge in [0.1, 0.15) is 0 Å². The molecule has 0 aromatic heterocycles. The molecule has 0 aromatic carbocycles. The Hall–Kier alpha value is -0.0800. The number of rotatable bonds is 5. The van der Waals surface area contributed by atoms with E-state index in [0.717, 1.165) is 19.1 Å². The first-order valence-corrected chi connectivity index (χ1v) is 6.05. The fourth-order valence-corrected chi connectivity index (χ4v) is 2.09. The normalized spacial score (nSPS) is 28.3. The Kier molecular flexibility index (Phi) is 5.49. The summed E-state index contributed by atoms with van der Waals surface area (Å²) >= 11 is 0. The molecule has 1 aliphatic rings. The number of hydrogen-bond donors (Lipinski definition) is 1. The largest absolute Gasteiger partial charge is 0.377 e. The fourth-order valence-electron chi connectivity index (χ4n) is 2.09. The van der Waals surface area contributed by atoms with Crippen LogP contribution in [-0.4, -0.2) is 25.3 Å². The topological polar surface area (TPSA) is 21.3 Å². The quantitative estimate of drug-likeness (QED) is 0.687. The molecule has 0 bridgehead atoms. The molecule has 0 saturated heterocycles. The van der Waals surface area contributed by atoms with Crippen molar-refractivity contribution in [1.82, 2.24) is 5.32 Å². The number of nitrogens with one attached hydrogen (secondary N) is 1. The molecule has 2 heteroatoms. The first kappa shape index (κ1) is 12.0. The monoisotopic (exact) mass is 199 g/mol. The minimum atomic E-state index is 0.526. The Labute approximate surface area is 88.4 Å². The first-order chi connectivity index (χ1) is 6.70. The molecule has 0 spiro atoms. The summed E-state index contributed by atoms with van der Waals surface area (Å²) in [7, 11) is 0. The zero-order chi connectivity index (χ0) is 10.4. The van der Waals surface area contributed by atoms with E-state index in [1.807, 2.05) is 0 Å². The smallest absolute Gasteiger partial charge is 0.0601 e. The molecule has 1 saturated carbocycles. The molecule has 84 valence electrons. The van der Waals surface area contributed by atoms with Gasteiger partial charge in [0.15, 0.2) is 0 Å². The lowest BCUT2D eigenvalue weighted by atomic mass is 9.88. The standard InChI is InChI=1S/C12H25NO/c1-10(2)13-8-9-14-12-7-5-4-6-11(12)3/h10-13H,4-9H2,1-3H3. The molecule has 1 aliphatic carbocycles. The predicted octanol–water partition coefficient (Wildman–Crippen LogP) is 2.58. The molecule has 0 amide bonds. The lowest BCUT2D eigenvalue weighted by Crippen LogP contribution is -2.31. The summed E-state index contributed by atoms with van der Waals surface area (Å²) in [5.74, 6) is 0.766. The molecule has 1 rings (SSSR count). The zero-order valence-corrected chi connectivity index (χ0v) is 9.88. The summed E-state index contributed by atoms with van der Waals surface area (Å²) in [4.78, 5) is 0. The minimum absolute atomic E-state index is 0.526. The maximum Gasteiger partial charge on any atom is 0.0601 e. The van der Waals surface area contributed by atoms with E-state index in [1.165, 1.54) is 25.7 Å². The lowest BCUT2D eigenvalue weighted by molar-refractivity contribution is -0.00359. The van der Waals surface area contributed by atoms with Crippen LogP contribution < -0.4 is 5.32 Å². The second-order valence-electron chi connectivity index (χ2n) is 4.78. The van der Waals surface area contributed by atoms with E-state index in [4.69, 9.17) is 4.74 Å². The number of ether oxygens (including phenoxy) is 1. The lowest BCUT2D eigenvalue weighted by Gasteiger charge is -2.28. The Morgan fingerprint density at radius 3 is 2.64 bits per heavy atom. The van der Waals surface area contributed by atoms with Crippen molar-refractivity contribution in [1.29, 1.82) is 0 Å². The molecule has 1 N–H and O–H groups in total. The third-order valence-corrected chi connectivity index (χ3v) is 3.02. The second kappa shape index (κ2) is 6.41. The summed E-state index contributed by atoms with van der Waals surface area (Å²) in [5, 5.41) is 3.37. The molecule has 14 heavy (non-hydrogen) atoms. The van der Waals surface area contributed by atoms with Crippen LogP contribution in [0, 0.1) is 5.92 Å². The Morgan fingerprint density at radius 2 is 2.00 bits per heavy atom. The van der Waals surface area contributed by atoms with E-state index >= 15 is 0 Å². The molecule has 2 unspecified atom stereocenters. The Morgan fingerprint density at radius 1 is 1.29 bits per heavy atom. The van der Waals surface area contributed by atoms with Crippen LogP contribution in [0.4, 0.5) is 0 Å². The van der Waals surface area contributed by atoms with Crippen LogP contribution in [0.1, 0.15) is 46.5 Å². The fraction of sp³-hybridized carbons (Fsp3) is 1.00. The van der Waals surface area contributed by atoms with E-state index in [2.05, 4.69) is 26.1 Å². The molecule has 2 atom stereocenters. The van der Waals surface area contributed by atoms with Gasteiger partial charge in [0.05, 0.1) is 12.7 Å². The van der Waals surface area contributed by atoms with Crippen molar-refractivity contribution < 1.29 is 4.74 Å². The van der Waals surface area contributed by atoms with Gasteiger partial charge in [-0.3, -0.25) is 0 Å². The summed E-state index contributed by atoms with van der Waals surface area (Å²) in [6.07, 6.45) is 5.89. The van der Waals surface area contributed by atoms with Gasteiger partial charge in [0.25, 0.3) is 0 Å². The van der Waals surface area contributed by atoms with Crippen LogP contribution in [0.25, 0.3) is 0 Å². The van der Waals surface area contributed by atoms with Gasteiger partial charge < -0.3 is 10.1 Å². The average Bonchev–Trinajstić information content (AvgIpc) is 2.15. The van der Waals surface area contributed by atoms with Gasteiger partial charge in [0, 0.05) is 12.6 Å². The molecular formula is C12H25NO. The predicted molar refractivity (Wildman–Crippen MR) is 60.5 cm³/mol. The highest BCUT2D eigenvalue weighted by atomic mass is 16.5. The second-order valence-corrected chi connectivity index (χ2v) is 4.78. The van der Waals surface area contributed by atoms with Crippen LogP contribution in [-0.2, 0) is 4.74 Å². The molecule has 0 aromatic rings. The van der Waals surface area contributed by atoms with Crippen LogP contribution in [0.5, 0.6) is 0 Å². The zero-order valence-electron chi connectivity index (χ0n) is 9.88. The van der Waals surface area contributed by atoms with Crippen molar-refractivity contribution >= 4 is 0 Å². The van der Waals surface area contributed by atoms with Crippen molar-refractivity contribution in [2.24, 2.45) is 5.92 Å². The highest BCUT2D eigenvalue weighted by molar-refractivity contribution is 4.72. The van der Waals surface area contributed by atoms with E-state index in [0.29, 0.717) is 12.1 Å². The SMILES string of the molecule is CC(C)NCCOC1CCCCC1C. The Bertz CT molecular complexity index is 147. The maximum atomic E-state index is 5.88. The van der Waals surface area contributed by atoms with Crippen LogP contribution in [0.2, 0.25) is 0 Å². The molecule has 0 heterocycles. The van der Waals surface area contributed by atoms with E-state index in [-0.39, 0.29) is 0 Å². The van der Waals surface area contributed by atoms with Crippen molar-refractivity contribution in [3.63, 3.8) is 0 Å². The maximum absolute atomic E-state index is 5.88. The van der Waals surface area contributed by atoms with E-state index in [9.17, 15) is 0 Å². The summed E-state index contributed by atoms with van der Waals surface area (Å²) in [6.45, 7) is 8.51. The van der Waals surface area contributed by atoms with Crippen molar-refractivity contribution in [2.45, 2.75) is 58.6 Å². The molecule has 1 fully saturated rings. The summed E-state index contributed by atoms with van der Waals surface area (Å²) in [6, 6.07) is 0.572. The van der Waals surface area contributed by atoms with Crippen molar-refractivity contribution in [3.8, 4) is 0 Å². The molecule has 0 radical (unpaired) electrons. The minimum Gasteiger partial charge on any atom is -0.377 e. The van der Waals surface area contributed by atoms with Crippen LogP contribution in [0.15, 0.2) is 0 Å². The third kappa shape index (κ3) is 4.43. The van der Waals surface area contributed by atoms with Gasteiger partial charge >= 0.3 is 0 Å². The average molecular weight is 199 g/mol. The van der Waals surface area contributed by atoms with Gasteiger partial charge in [-0.2, -0.15) is 0 Å². The summed E-state index contributed by atoms with van der Waals surface area (Å²) < 4.78 is 5.88. The van der Waals surface area contributed by atoms with Gasteiger partial charge in [0.2, 0.25) is 0 Å². The van der Waals surface area contributed by atoms with Gasteiger partial charge in [-0.05, 0) is 18.8 Å². The Balaban J connectivity index is 2.04.